The van der Waals surface area contributed by atoms with Crippen molar-refractivity contribution in [1.29, 1.82) is 0 Å². The van der Waals surface area contributed by atoms with E-state index in [9.17, 15) is 4.79 Å². The Labute approximate surface area is 155 Å². The van der Waals surface area contributed by atoms with Gasteiger partial charge in [-0.25, -0.2) is 0 Å². The van der Waals surface area contributed by atoms with Crippen molar-refractivity contribution < 1.29 is 4.79 Å². The highest BCUT2D eigenvalue weighted by molar-refractivity contribution is 5.94. The van der Waals surface area contributed by atoms with Gasteiger partial charge in [0.05, 0.1) is 0 Å². The van der Waals surface area contributed by atoms with Crippen LogP contribution < -0.4 is 5.32 Å². The SMILES string of the molecule is CCCCCCCCCCCCNC(=O)c1ccc(C(C)CC)cc1. The van der Waals surface area contributed by atoms with Gasteiger partial charge in [0.25, 0.3) is 5.91 Å². The highest BCUT2D eigenvalue weighted by Crippen LogP contribution is 2.18. The molecule has 0 radical (unpaired) electrons. The van der Waals surface area contributed by atoms with E-state index in [0.717, 1.165) is 24.9 Å². The first-order valence-corrected chi connectivity index (χ1v) is 10.6. The van der Waals surface area contributed by atoms with E-state index in [1.165, 1.54) is 63.4 Å². The summed E-state index contributed by atoms with van der Waals surface area (Å²) in [6.45, 7) is 7.47. The molecule has 0 bridgehead atoms. The van der Waals surface area contributed by atoms with Crippen LogP contribution in [0.15, 0.2) is 24.3 Å². The Balaban J connectivity index is 2.05. The van der Waals surface area contributed by atoms with Crippen LogP contribution in [0.3, 0.4) is 0 Å². The highest BCUT2D eigenvalue weighted by Gasteiger charge is 2.07. The second-order valence-corrected chi connectivity index (χ2v) is 7.37. The smallest absolute Gasteiger partial charge is 0.251 e. The van der Waals surface area contributed by atoms with Gasteiger partial charge in [0.15, 0.2) is 0 Å². The van der Waals surface area contributed by atoms with Crippen LogP contribution in [-0.4, -0.2) is 12.5 Å². The normalized spacial score (nSPS) is 12.1. The molecule has 0 saturated carbocycles. The minimum absolute atomic E-state index is 0.0617. The Morgan fingerprint density at radius 3 is 1.88 bits per heavy atom. The molecule has 1 atom stereocenters. The summed E-state index contributed by atoms with van der Waals surface area (Å²) in [6, 6.07) is 8.08. The van der Waals surface area contributed by atoms with Crippen LogP contribution >= 0.6 is 0 Å². The molecule has 2 heteroatoms. The number of unbranched alkanes of at least 4 members (excludes halogenated alkanes) is 9. The van der Waals surface area contributed by atoms with Gasteiger partial charge >= 0.3 is 0 Å². The van der Waals surface area contributed by atoms with Crippen molar-refractivity contribution in [2.24, 2.45) is 0 Å². The summed E-state index contributed by atoms with van der Waals surface area (Å²) in [5.41, 5.74) is 2.09. The summed E-state index contributed by atoms with van der Waals surface area (Å²) >= 11 is 0. The summed E-state index contributed by atoms with van der Waals surface area (Å²) in [4.78, 5) is 12.1. The fourth-order valence-electron chi connectivity index (χ4n) is 3.12. The topological polar surface area (TPSA) is 29.1 Å². The molecule has 1 N–H and O–H groups in total. The van der Waals surface area contributed by atoms with Crippen molar-refractivity contribution in [2.75, 3.05) is 6.54 Å². The summed E-state index contributed by atoms with van der Waals surface area (Å²) < 4.78 is 0. The fourth-order valence-corrected chi connectivity index (χ4v) is 3.12. The molecule has 0 spiro atoms. The van der Waals surface area contributed by atoms with Gasteiger partial charge in [-0.3, -0.25) is 4.79 Å². The molecule has 0 fully saturated rings. The number of benzene rings is 1. The first-order valence-electron chi connectivity index (χ1n) is 10.6. The quantitative estimate of drug-likeness (QED) is 0.367. The van der Waals surface area contributed by atoms with Gasteiger partial charge < -0.3 is 5.32 Å². The van der Waals surface area contributed by atoms with Crippen LogP contribution in [0.5, 0.6) is 0 Å². The number of nitrogens with one attached hydrogen (secondary N) is 1. The van der Waals surface area contributed by atoms with Gasteiger partial charge in [0, 0.05) is 12.1 Å². The van der Waals surface area contributed by atoms with Gasteiger partial charge in [-0.2, -0.15) is 0 Å². The van der Waals surface area contributed by atoms with Crippen LogP contribution in [-0.2, 0) is 0 Å². The summed E-state index contributed by atoms with van der Waals surface area (Å²) in [5.74, 6) is 0.621. The van der Waals surface area contributed by atoms with E-state index < -0.39 is 0 Å². The van der Waals surface area contributed by atoms with Crippen molar-refractivity contribution in [3.8, 4) is 0 Å². The Hall–Kier alpha value is -1.31. The summed E-state index contributed by atoms with van der Waals surface area (Å²) in [7, 11) is 0. The maximum absolute atomic E-state index is 12.1. The lowest BCUT2D eigenvalue weighted by Crippen LogP contribution is -2.24. The summed E-state index contributed by atoms with van der Waals surface area (Å²) in [6.07, 6.45) is 14.4. The predicted molar refractivity (Wildman–Crippen MR) is 109 cm³/mol. The standard InChI is InChI=1S/C23H39NO/c1-4-6-7-8-9-10-11-12-13-14-19-24-23(25)22-17-15-21(16-18-22)20(3)5-2/h15-18,20H,4-14,19H2,1-3H3,(H,24,25). The number of hydrogen-bond acceptors (Lipinski definition) is 1. The molecule has 0 heterocycles. The average Bonchev–Trinajstić information content (AvgIpc) is 2.65. The van der Waals surface area contributed by atoms with Crippen LogP contribution in [0.1, 0.15) is 113 Å². The van der Waals surface area contributed by atoms with Crippen molar-refractivity contribution in [3.05, 3.63) is 35.4 Å². The Morgan fingerprint density at radius 1 is 0.840 bits per heavy atom. The molecule has 1 aromatic carbocycles. The first-order chi connectivity index (χ1) is 12.2. The van der Waals surface area contributed by atoms with Crippen molar-refractivity contribution in [3.63, 3.8) is 0 Å². The molecule has 1 rings (SSSR count). The van der Waals surface area contributed by atoms with E-state index in [2.05, 4.69) is 38.2 Å². The van der Waals surface area contributed by atoms with E-state index in [0.29, 0.717) is 5.92 Å². The zero-order chi connectivity index (χ0) is 18.3. The van der Waals surface area contributed by atoms with E-state index in [1.54, 1.807) is 0 Å². The maximum Gasteiger partial charge on any atom is 0.251 e. The van der Waals surface area contributed by atoms with Gasteiger partial charge in [-0.05, 0) is 36.5 Å². The molecule has 2 nitrogen and oxygen atoms in total. The molecule has 0 saturated heterocycles. The Morgan fingerprint density at radius 2 is 1.36 bits per heavy atom. The third-order valence-electron chi connectivity index (χ3n) is 5.17. The van der Waals surface area contributed by atoms with Crippen LogP contribution in [0.25, 0.3) is 0 Å². The molecular weight excluding hydrogens is 306 g/mol. The third kappa shape index (κ3) is 9.67. The molecule has 0 aliphatic carbocycles. The monoisotopic (exact) mass is 345 g/mol. The molecule has 25 heavy (non-hydrogen) atoms. The zero-order valence-corrected chi connectivity index (χ0v) is 16.8. The molecule has 0 aromatic heterocycles. The fraction of sp³-hybridized carbons (Fsp3) is 0.696. The lowest BCUT2D eigenvalue weighted by Gasteiger charge is -2.10. The molecule has 1 amide bonds. The van der Waals surface area contributed by atoms with E-state index >= 15 is 0 Å². The number of hydrogen-bond donors (Lipinski definition) is 1. The largest absolute Gasteiger partial charge is 0.352 e. The van der Waals surface area contributed by atoms with Crippen LogP contribution in [0.2, 0.25) is 0 Å². The Kier molecular flexibility index (Phi) is 12.1. The molecule has 142 valence electrons. The van der Waals surface area contributed by atoms with Crippen LogP contribution in [0, 0.1) is 0 Å². The van der Waals surface area contributed by atoms with E-state index in [4.69, 9.17) is 0 Å². The second kappa shape index (κ2) is 13.9. The Bertz CT molecular complexity index is 452. The lowest BCUT2D eigenvalue weighted by atomic mass is 9.97. The van der Waals surface area contributed by atoms with E-state index in [-0.39, 0.29) is 5.91 Å². The molecule has 1 unspecified atom stereocenters. The van der Waals surface area contributed by atoms with Crippen molar-refractivity contribution in [1.82, 2.24) is 5.32 Å². The second-order valence-electron chi connectivity index (χ2n) is 7.37. The van der Waals surface area contributed by atoms with Crippen molar-refractivity contribution in [2.45, 2.75) is 97.3 Å². The van der Waals surface area contributed by atoms with Gasteiger partial charge in [-0.1, -0.05) is 90.7 Å². The van der Waals surface area contributed by atoms with Gasteiger partial charge in [0.2, 0.25) is 0 Å². The highest BCUT2D eigenvalue weighted by atomic mass is 16.1. The summed E-state index contributed by atoms with van der Waals surface area (Å²) in [5, 5.41) is 3.05. The lowest BCUT2D eigenvalue weighted by molar-refractivity contribution is 0.0953. The predicted octanol–water partition coefficient (Wildman–Crippen LogP) is 6.85. The molecule has 0 aliphatic heterocycles. The number of carbonyl (C=O) groups excluding carboxylic acids is 1. The van der Waals surface area contributed by atoms with Gasteiger partial charge in [0.1, 0.15) is 0 Å². The minimum atomic E-state index is 0.0617. The maximum atomic E-state index is 12.1. The average molecular weight is 346 g/mol. The number of rotatable bonds is 14. The molecule has 0 aliphatic rings. The third-order valence-corrected chi connectivity index (χ3v) is 5.17. The number of carbonyl (C=O) groups is 1. The zero-order valence-electron chi connectivity index (χ0n) is 16.8. The minimum Gasteiger partial charge on any atom is -0.352 e. The number of amides is 1. The van der Waals surface area contributed by atoms with Crippen molar-refractivity contribution >= 4 is 5.91 Å². The first kappa shape index (κ1) is 21.7. The van der Waals surface area contributed by atoms with E-state index in [1.807, 2.05) is 12.1 Å². The van der Waals surface area contributed by atoms with Gasteiger partial charge in [-0.15, -0.1) is 0 Å². The molecular formula is C23H39NO. The van der Waals surface area contributed by atoms with Crippen LogP contribution in [0.4, 0.5) is 0 Å². The molecule has 1 aromatic rings.